The molecular weight excluding hydrogens is 454 g/mol. The van der Waals surface area contributed by atoms with Gasteiger partial charge in [0.15, 0.2) is 12.3 Å². The number of nitrogens with one attached hydrogen (secondary N) is 1. The minimum absolute atomic E-state index is 0.00645. The first-order valence-electron chi connectivity index (χ1n) is 10.7. The van der Waals surface area contributed by atoms with E-state index in [1.54, 1.807) is 42.6 Å². The van der Waals surface area contributed by atoms with Crippen LogP contribution in [0.15, 0.2) is 58.7 Å². The van der Waals surface area contributed by atoms with E-state index in [2.05, 4.69) is 10.4 Å². The largest absolute Gasteiger partial charge is 0.484 e. The maximum absolute atomic E-state index is 13.5. The third-order valence-corrected chi connectivity index (χ3v) is 6.12. The summed E-state index contributed by atoms with van der Waals surface area (Å²) in [6.07, 6.45) is 0. The van der Waals surface area contributed by atoms with Gasteiger partial charge in [-0.15, -0.1) is 11.3 Å². The third kappa shape index (κ3) is 4.69. The lowest BCUT2D eigenvalue weighted by Crippen LogP contribution is -2.26. The molecule has 0 unspecified atom stereocenters. The number of anilines is 1. The predicted molar refractivity (Wildman–Crippen MR) is 131 cm³/mol. The molecule has 0 atom stereocenters. The van der Waals surface area contributed by atoms with Crippen molar-refractivity contribution in [3.05, 3.63) is 81.1 Å². The number of benzene rings is 2. The van der Waals surface area contributed by atoms with Crippen LogP contribution in [0.5, 0.6) is 5.75 Å². The van der Waals surface area contributed by atoms with E-state index in [9.17, 15) is 14.4 Å². The molecule has 0 aliphatic rings. The van der Waals surface area contributed by atoms with Crippen molar-refractivity contribution < 1.29 is 19.1 Å². The van der Waals surface area contributed by atoms with E-state index in [-0.39, 0.29) is 24.3 Å². The van der Waals surface area contributed by atoms with Gasteiger partial charge < -0.3 is 14.8 Å². The third-order valence-electron chi connectivity index (χ3n) is 5.22. The zero-order valence-corrected chi connectivity index (χ0v) is 19.8. The Balaban J connectivity index is 1.75. The van der Waals surface area contributed by atoms with Crippen LogP contribution in [0.1, 0.15) is 28.5 Å². The summed E-state index contributed by atoms with van der Waals surface area (Å²) in [5.41, 5.74) is 2.10. The van der Waals surface area contributed by atoms with E-state index in [1.807, 2.05) is 32.0 Å². The number of para-hydroxylation sites is 1. The van der Waals surface area contributed by atoms with Gasteiger partial charge in [-0.2, -0.15) is 9.78 Å². The van der Waals surface area contributed by atoms with Gasteiger partial charge in [-0.1, -0.05) is 24.3 Å². The van der Waals surface area contributed by atoms with Crippen molar-refractivity contribution in [3.8, 4) is 11.4 Å². The molecule has 1 amide bonds. The summed E-state index contributed by atoms with van der Waals surface area (Å²) in [6.45, 7) is 5.52. The normalized spacial score (nSPS) is 10.8. The molecule has 0 spiro atoms. The van der Waals surface area contributed by atoms with Crippen LogP contribution in [0, 0.1) is 13.8 Å². The van der Waals surface area contributed by atoms with E-state index in [1.165, 1.54) is 4.68 Å². The lowest BCUT2D eigenvalue weighted by Gasteiger charge is -2.11. The highest BCUT2D eigenvalue weighted by molar-refractivity contribution is 7.16. The van der Waals surface area contributed by atoms with Crippen LogP contribution in [0.3, 0.4) is 0 Å². The van der Waals surface area contributed by atoms with E-state index >= 15 is 0 Å². The van der Waals surface area contributed by atoms with Crippen molar-refractivity contribution in [1.29, 1.82) is 0 Å². The van der Waals surface area contributed by atoms with Gasteiger partial charge in [-0.25, -0.2) is 4.79 Å². The second-order valence-corrected chi connectivity index (χ2v) is 8.44. The van der Waals surface area contributed by atoms with Crippen molar-refractivity contribution in [1.82, 2.24) is 9.78 Å². The van der Waals surface area contributed by atoms with E-state index < -0.39 is 17.4 Å². The van der Waals surface area contributed by atoms with E-state index in [0.717, 1.165) is 22.5 Å². The van der Waals surface area contributed by atoms with Crippen LogP contribution in [-0.2, 0) is 9.53 Å². The monoisotopic (exact) mass is 477 g/mol. The van der Waals surface area contributed by atoms with Gasteiger partial charge >= 0.3 is 5.97 Å². The molecule has 0 saturated carbocycles. The van der Waals surface area contributed by atoms with Crippen molar-refractivity contribution in [2.24, 2.45) is 0 Å². The van der Waals surface area contributed by atoms with Crippen LogP contribution in [0.25, 0.3) is 16.5 Å². The fraction of sp³-hybridized carbons (Fsp3) is 0.200. The standard InChI is InChI=1S/C25H23N3O5S/c1-4-32-25(31)22-19-14-34-23(26-20(29)13-33-18-8-6-5-7-9-18)21(19)24(30)28(27-22)17-11-10-15(2)16(3)12-17/h5-12,14H,4,13H2,1-3H3,(H,26,29). The SMILES string of the molecule is CCOC(=O)c1nn(-c2ccc(C)c(C)c2)c(=O)c2c(NC(=O)COc3ccccc3)scc12. The molecule has 9 heteroatoms. The summed E-state index contributed by atoms with van der Waals surface area (Å²) in [6, 6.07) is 14.4. The summed E-state index contributed by atoms with van der Waals surface area (Å²) >= 11 is 1.14. The highest BCUT2D eigenvalue weighted by atomic mass is 32.1. The van der Waals surface area contributed by atoms with Gasteiger partial charge in [0.1, 0.15) is 10.8 Å². The second-order valence-electron chi connectivity index (χ2n) is 7.56. The molecule has 0 aliphatic heterocycles. The zero-order valence-electron chi connectivity index (χ0n) is 19.0. The molecule has 4 aromatic rings. The number of carbonyl (C=O) groups is 2. The minimum atomic E-state index is -0.645. The van der Waals surface area contributed by atoms with Crippen LogP contribution in [-0.4, -0.2) is 34.9 Å². The number of hydrogen-bond donors (Lipinski definition) is 1. The van der Waals surface area contributed by atoms with Crippen molar-refractivity contribution in [3.63, 3.8) is 0 Å². The fourth-order valence-corrected chi connectivity index (χ4v) is 4.31. The van der Waals surface area contributed by atoms with E-state index in [0.29, 0.717) is 21.8 Å². The molecule has 0 saturated heterocycles. The second kappa shape index (κ2) is 9.88. The van der Waals surface area contributed by atoms with Crippen molar-refractivity contribution in [2.45, 2.75) is 20.8 Å². The fourth-order valence-electron chi connectivity index (χ4n) is 3.35. The Bertz CT molecular complexity index is 1430. The van der Waals surface area contributed by atoms with E-state index in [4.69, 9.17) is 9.47 Å². The molecular formula is C25H23N3O5S. The van der Waals surface area contributed by atoms with Crippen molar-refractivity contribution in [2.75, 3.05) is 18.5 Å². The topological polar surface area (TPSA) is 99.5 Å². The maximum atomic E-state index is 13.5. The summed E-state index contributed by atoms with van der Waals surface area (Å²) in [4.78, 5) is 38.7. The first-order chi connectivity index (χ1) is 16.4. The molecule has 0 bridgehead atoms. The average molecular weight is 478 g/mol. The van der Waals surface area contributed by atoms with Crippen LogP contribution in [0.4, 0.5) is 5.00 Å². The molecule has 2 aromatic carbocycles. The predicted octanol–water partition coefficient (Wildman–Crippen LogP) is 4.26. The highest BCUT2D eigenvalue weighted by Crippen LogP contribution is 2.30. The summed E-state index contributed by atoms with van der Waals surface area (Å²) < 4.78 is 11.8. The van der Waals surface area contributed by atoms with Gasteiger partial charge in [0.25, 0.3) is 11.5 Å². The Labute approximate surface area is 199 Å². The molecule has 1 N–H and O–H groups in total. The molecule has 34 heavy (non-hydrogen) atoms. The van der Waals surface area contributed by atoms with Gasteiger partial charge in [-0.05, 0) is 56.2 Å². The number of hydrogen-bond acceptors (Lipinski definition) is 7. The van der Waals surface area contributed by atoms with Crippen LogP contribution >= 0.6 is 11.3 Å². The van der Waals surface area contributed by atoms with Crippen molar-refractivity contribution >= 4 is 39.0 Å². The number of fused-ring (bicyclic) bond motifs is 1. The number of nitrogens with zero attached hydrogens (tertiary/aromatic N) is 2. The zero-order chi connectivity index (χ0) is 24.2. The number of aromatic nitrogens is 2. The number of aryl methyl sites for hydroxylation is 2. The average Bonchev–Trinajstić information content (AvgIpc) is 3.24. The Morgan fingerprint density at radius 1 is 1.09 bits per heavy atom. The smallest absolute Gasteiger partial charge is 0.359 e. The number of esters is 1. The molecule has 2 heterocycles. The quantitative estimate of drug-likeness (QED) is 0.399. The molecule has 0 aliphatic carbocycles. The molecule has 0 fully saturated rings. The molecule has 0 radical (unpaired) electrons. The first kappa shape index (κ1) is 23.2. The van der Waals surface area contributed by atoms with Crippen LogP contribution < -0.4 is 15.6 Å². The summed E-state index contributed by atoms with van der Waals surface area (Å²) in [5, 5.41) is 9.51. The van der Waals surface area contributed by atoms with Gasteiger partial charge in [-0.3, -0.25) is 9.59 Å². The summed E-state index contributed by atoms with van der Waals surface area (Å²) in [5.74, 6) is -0.521. The Hall–Kier alpha value is -3.98. The minimum Gasteiger partial charge on any atom is -0.484 e. The number of amides is 1. The Morgan fingerprint density at radius 3 is 2.56 bits per heavy atom. The lowest BCUT2D eigenvalue weighted by molar-refractivity contribution is -0.118. The van der Waals surface area contributed by atoms with Gasteiger partial charge in [0.2, 0.25) is 0 Å². The Kier molecular flexibility index (Phi) is 6.74. The maximum Gasteiger partial charge on any atom is 0.359 e. The number of rotatable bonds is 7. The molecule has 2 aromatic heterocycles. The van der Waals surface area contributed by atoms with Gasteiger partial charge in [0, 0.05) is 10.8 Å². The molecule has 8 nitrogen and oxygen atoms in total. The number of carbonyl (C=O) groups excluding carboxylic acids is 2. The first-order valence-corrected chi connectivity index (χ1v) is 11.5. The van der Waals surface area contributed by atoms with Crippen LogP contribution in [0.2, 0.25) is 0 Å². The highest BCUT2D eigenvalue weighted by Gasteiger charge is 2.23. The molecule has 4 rings (SSSR count). The Morgan fingerprint density at radius 2 is 1.85 bits per heavy atom. The van der Waals surface area contributed by atoms with Gasteiger partial charge in [0.05, 0.1) is 17.7 Å². The number of ether oxygens (including phenoxy) is 2. The number of thiophene rings is 1. The molecule has 174 valence electrons. The lowest BCUT2D eigenvalue weighted by atomic mass is 10.1. The summed E-state index contributed by atoms with van der Waals surface area (Å²) in [7, 11) is 0.